The average Bonchev–Trinajstić information content (AvgIpc) is 2.32. The molecule has 1 N–H and O–H groups in total. The summed E-state index contributed by atoms with van der Waals surface area (Å²) in [5.41, 5.74) is 0. The van der Waals surface area contributed by atoms with Crippen molar-refractivity contribution in [3.05, 3.63) is 29.0 Å². The zero-order valence-corrected chi connectivity index (χ0v) is 12.8. The lowest BCUT2D eigenvalue weighted by Gasteiger charge is -2.24. The highest BCUT2D eigenvalue weighted by atomic mass is 35.5. The quantitative estimate of drug-likeness (QED) is 0.814. The zero-order chi connectivity index (χ0) is 14.4. The van der Waals surface area contributed by atoms with Gasteiger partial charge in [-0.25, -0.2) is 4.39 Å². The molecule has 2 nitrogen and oxygen atoms in total. The molecule has 0 spiro atoms. The van der Waals surface area contributed by atoms with Crippen LogP contribution in [0.25, 0.3) is 0 Å². The summed E-state index contributed by atoms with van der Waals surface area (Å²) in [4.78, 5) is 0. The molecule has 19 heavy (non-hydrogen) atoms. The van der Waals surface area contributed by atoms with Crippen LogP contribution in [0.5, 0.6) is 5.75 Å². The Balaban J connectivity index is 2.65. The van der Waals surface area contributed by atoms with E-state index in [4.69, 9.17) is 16.3 Å². The first-order valence-corrected chi connectivity index (χ1v) is 7.11. The van der Waals surface area contributed by atoms with E-state index >= 15 is 0 Å². The number of halogens is 2. The van der Waals surface area contributed by atoms with Gasteiger partial charge in [-0.2, -0.15) is 0 Å². The third-order valence-electron chi connectivity index (χ3n) is 2.84. The molecule has 1 rings (SSSR count). The SMILES string of the molecule is CC(C)CNCC(Oc1cccc(Cl)c1F)C(C)C. The molecule has 0 aliphatic carbocycles. The fourth-order valence-corrected chi connectivity index (χ4v) is 1.83. The first-order valence-electron chi connectivity index (χ1n) is 6.73. The molecule has 0 heterocycles. The van der Waals surface area contributed by atoms with Gasteiger partial charge in [-0.3, -0.25) is 0 Å². The molecule has 0 fully saturated rings. The van der Waals surface area contributed by atoms with Crippen LogP contribution in [0.15, 0.2) is 18.2 Å². The number of ether oxygens (including phenoxy) is 1. The molecule has 4 heteroatoms. The lowest BCUT2D eigenvalue weighted by Crippen LogP contribution is -2.37. The van der Waals surface area contributed by atoms with Gasteiger partial charge in [0.25, 0.3) is 0 Å². The standard InChI is InChI=1S/C15H23ClFNO/c1-10(2)8-18-9-14(11(3)4)19-13-7-5-6-12(16)15(13)17/h5-7,10-11,14,18H,8-9H2,1-4H3. The molecule has 1 unspecified atom stereocenters. The molecule has 0 saturated carbocycles. The Morgan fingerprint density at radius 2 is 1.89 bits per heavy atom. The van der Waals surface area contributed by atoms with Crippen molar-refractivity contribution in [3.63, 3.8) is 0 Å². The summed E-state index contributed by atoms with van der Waals surface area (Å²) in [6, 6.07) is 4.82. The Hall–Kier alpha value is -0.800. The smallest absolute Gasteiger partial charge is 0.183 e. The van der Waals surface area contributed by atoms with Gasteiger partial charge < -0.3 is 10.1 Å². The molecule has 0 aromatic heterocycles. The van der Waals surface area contributed by atoms with Crippen LogP contribution in [-0.4, -0.2) is 19.2 Å². The van der Waals surface area contributed by atoms with Crippen molar-refractivity contribution in [2.45, 2.75) is 33.8 Å². The van der Waals surface area contributed by atoms with Crippen LogP contribution in [0.1, 0.15) is 27.7 Å². The van der Waals surface area contributed by atoms with Crippen molar-refractivity contribution in [1.82, 2.24) is 5.32 Å². The van der Waals surface area contributed by atoms with Crippen LogP contribution in [0.4, 0.5) is 4.39 Å². The Morgan fingerprint density at radius 3 is 2.47 bits per heavy atom. The monoisotopic (exact) mass is 287 g/mol. The van der Waals surface area contributed by atoms with E-state index in [1.165, 1.54) is 6.07 Å². The number of hydrogen-bond donors (Lipinski definition) is 1. The lowest BCUT2D eigenvalue weighted by molar-refractivity contribution is 0.142. The van der Waals surface area contributed by atoms with E-state index in [1.54, 1.807) is 12.1 Å². The second-order valence-corrected chi connectivity index (χ2v) is 5.91. The molecule has 1 aromatic carbocycles. The molecule has 0 aliphatic heterocycles. The van der Waals surface area contributed by atoms with Crippen LogP contribution >= 0.6 is 11.6 Å². The van der Waals surface area contributed by atoms with Crippen molar-refractivity contribution in [3.8, 4) is 5.75 Å². The molecule has 0 saturated heterocycles. The number of hydrogen-bond acceptors (Lipinski definition) is 2. The van der Waals surface area contributed by atoms with E-state index in [0.29, 0.717) is 12.5 Å². The van der Waals surface area contributed by atoms with Crippen LogP contribution in [0.2, 0.25) is 5.02 Å². The van der Waals surface area contributed by atoms with E-state index in [-0.39, 0.29) is 22.8 Å². The number of rotatable bonds is 7. The first kappa shape index (κ1) is 16.3. The summed E-state index contributed by atoms with van der Waals surface area (Å²) in [6.07, 6.45) is -0.0771. The molecule has 0 amide bonds. The third kappa shape index (κ3) is 5.37. The largest absolute Gasteiger partial charge is 0.486 e. The summed E-state index contributed by atoms with van der Waals surface area (Å²) >= 11 is 5.75. The maximum atomic E-state index is 13.8. The minimum atomic E-state index is -0.487. The van der Waals surface area contributed by atoms with Crippen molar-refractivity contribution in [2.75, 3.05) is 13.1 Å². The molecule has 1 aromatic rings. The number of benzene rings is 1. The van der Waals surface area contributed by atoms with E-state index in [0.717, 1.165) is 6.54 Å². The van der Waals surface area contributed by atoms with Crippen LogP contribution in [0.3, 0.4) is 0 Å². The second kappa shape index (κ2) is 7.71. The molecule has 108 valence electrons. The fourth-order valence-electron chi connectivity index (χ4n) is 1.67. The predicted molar refractivity (Wildman–Crippen MR) is 78.4 cm³/mol. The number of nitrogens with one attached hydrogen (secondary N) is 1. The molecule has 0 radical (unpaired) electrons. The Labute approximate surface area is 120 Å². The van der Waals surface area contributed by atoms with Crippen molar-refractivity contribution >= 4 is 11.6 Å². The third-order valence-corrected chi connectivity index (χ3v) is 3.13. The Bertz CT molecular complexity index is 396. The molecular weight excluding hydrogens is 265 g/mol. The minimum Gasteiger partial charge on any atom is -0.486 e. The zero-order valence-electron chi connectivity index (χ0n) is 12.0. The van der Waals surface area contributed by atoms with Gasteiger partial charge in [-0.15, -0.1) is 0 Å². The van der Waals surface area contributed by atoms with E-state index in [1.807, 2.05) is 0 Å². The molecule has 0 aliphatic rings. The minimum absolute atomic E-state index is 0.0771. The second-order valence-electron chi connectivity index (χ2n) is 5.50. The van der Waals surface area contributed by atoms with Crippen LogP contribution in [0, 0.1) is 17.7 Å². The predicted octanol–water partition coefficient (Wildman–Crippen LogP) is 4.13. The summed E-state index contributed by atoms with van der Waals surface area (Å²) in [6.45, 7) is 10.0. The van der Waals surface area contributed by atoms with Gasteiger partial charge in [0.15, 0.2) is 11.6 Å². The van der Waals surface area contributed by atoms with Crippen molar-refractivity contribution in [2.24, 2.45) is 11.8 Å². The van der Waals surface area contributed by atoms with Gasteiger partial charge in [0.05, 0.1) is 5.02 Å². The Kier molecular flexibility index (Phi) is 6.59. The average molecular weight is 288 g/mol. The summed E-state index contributed by atoms with van der Waals surface area (Å²) in [7, 11) is 0. The Morgan fingerprint density at radius 1 is 1.21 bits per heavy atom. The maximum Gasteiger partial charge on any atom is 0.183 e. The normalized spacial score (nSPS) is 13.1. The van der Waals surface area contributed by atoms with Crippen LogP contribution in [-0.2, 0) is 0 Å². The summed E-state index contributed by atoms with van der Waals surface area (Å²) in [5.74, 6) is 0.602. The summed E-state index contributed by atoms with van der Waals surface area (Å²) < 4.78 is 19.5. The van der Waals surface area contributed by atoms with Gasteiger partial charge in [0, 0.05) is 6.54 Å². The van der Waals surface area contributed by atoms with Crippen molar-refractivity contribution in [1.29, 1.82) is 0 Å². The highest BCUT2D eigenvalue weighted by Gasteiger charge is 2.18. The highest BCUT2D eigenvalue weighted by Crippen LogP contribution is 2.26. The van der Waals surface area contributed by atoms with Gasteiger partial charge in [-0.05, 0) is 30.5 Å². The maximum absolute atomic E-state index is 13.8. The van der Waals surface area contributed by atoms with E-state index < -0.39 is 5.82 Å². The van der Waals surface area contributed by atoms with Gasteiger partial charge in [0.2, 0.25) is 0 Å². The molecule has 0 bridgehead atoms. The first-order chi connectivity index (χ1) is 8.91. The van der Waals surface area contributed by atoms with Crippen LogP contribution < -0.4 is 10.1 Å². The van der Waals surface area contributed by atoms with Gasteiger partial charge in [-0.1, -0.05) is 45.4 Å². The summed E-state index contributed by atoms with van der Waals surface area (Å²) in [5, 5.41) is 3.43. The van der Waals surface area contributed by atoms with Gasteiger partial charge >= 0.3 is 0 Å². The topological polar surface area (TPSA) is 21.3 Å². The van der Waals surface area contributed by atoms with Crippen molar-refractivity contribution < 1.29 is 9.13 Å². The molecule has 1 atom stereocenters. The fraction of sp³-hybridized carbons (Fsp3) is 0.600. The molecular formula is C15H23ClFNO. The highest BCUT2D eigenvalue weighted by molar-refractivity contribution is 6.30. The van der Waals surface area contributed by atoms with E-state index in [9.17, 15) is 4.39 Å². The van der Waals surface area contributed by atoms with E-state index in [2.05, 4.69) is 33.0 Å². The lowest BCUT2D eigenvalue weighted by atomic mass is 10.1. The van der Waals surface area contributed by atoms with Gasteiger partial charge in [0.1, 0.15) is 6.10 Å².